The number of allylic oxidation sites excluding steroid dienone is 1. The Labute approximate surface area is 187 Å². The predicted octanol–water partition coefficient (Wildman–Crippen LogP) is 6.91. The van der Waals surface area contributed by atoms with Crippen LogP contribution in [-0.4, -0.2) is 18.2 Å². The van der Waals surface area contributed by atoms with Gasteiger partial charge in [0.15, 0.2) is 11.3 Å². The molecule has 0 radical (unpaired) electrons. The quantitative estimate of drug-likeness (QED) is 0.259. The molecule has 0 fully saturated rings. The van der Waals surface area contributed by atoms with Gasteiger partial charge in [-0.25, -0.2) is 4.79 Å². The van der Waals surface area contributed by atoms with Crippen LogP contribution in [0.3, 0.4) is 0 Å². The van der Waals surface area contributed by atoms with Crippen molar-refractivity contribution in [2.24, 2.45) is 0 Å². The summed E-state index contributed by atoms with van der Waals surface area (Å²) < 4.78 is 11.5. The van der Waals surface area contributed by atoms with E-state index >= 15 is 0 Å². The minimum absolute atomic E-state index is 0.694. The lowest BCUT2D eigenvalue weighted by molar-refractivity contribution is -0.131. The normalized spacial score (nSPS) is 12.2. The topological polar surface area (TPSA) is 59.7 Å². The van der Waals surface area contributed by atoms with Crippen LogP contribution in [0.4, 0.5) is 0 Å². The highest BCUT2D eigenvalue weighted by atomic mass is 16.5. The Kier molecular flexibility index (Phi) is 6.22. The first-order chi connectivity index (χ1) is 15.6. The number of aliphatic carboxylic acids is 1. The number of rotatable bonds is 7. The average molecular weight is 424 g/mol. The SMILES string of the molecule is CCC(=C(c1ccc(C=CC(=O)O)cc1)c1coc2c(OC)cccc12)c1ccccc1. The minimum atomic E-state index is -0.967. The van der Waals surface area contributed by atoms with Gasteiger partial charge < -0.3 is 14.3 Å². The van der Waals surface area contributed by atoms with Gasteiger partial charge in [-0.15, -0.1) is 0 Å². The average Bonchev–Trinajstić information content (AvgIpc) is 3.26. The maximum absolute atomic E-state index is 10.9. The lowest BCUT2D eigenvalue weighted by atomic mass is 9.87. The van der Waals surface area contributed by atoms with Crippen molar-refractivity contribution in [1.29, 1.82) is 0 Å². The summed E-state index contributed by atoms with van der Waals surface area (Å²) in [5.74, 6) is -0.272. The van der Waals surface area contributed by atoms with E-state index in [1.807, 2.05) is 60.7 Å². The fraction of sp³-hybridized carbons (Fsp3) is 0.107. The summed E-state index contributed by atoms with van der Waals surface area (Å²) >= 11 is 0. The summed E-state index contributed by atoms with van der Waals surface area (Å²) in [5, 5.41) is 9.88. The molecule has 0 spiro atoms. The number of benzene rings is 3. The van der Waals surface area contributed by atoms with Crippen molar-refractivity contribution in [2.45, 2.75) is 13.3 Å². The van der Waals surface area contributed by atoms with Crippen molar-refractivity contribution in [3.05, 3.63) is 107 Å². The lowest BCUT2D eigenvalue weighted by Gasteiger charge is -2.15. The van der Waals surface area contributed by atoms with Crippen LogP contribution >= 0.6 is 0 Å². The molecule has 4 heteroatoms. The molecule has 32 heavy (non-hydrogen) atoms. The fourth-order valence-electron chi connectivity index (χ4n) is 3.97. The summed E-state index contributed by atoms with van der Waals surface area (Å²) in [6.07, 6.45) is 5.35. The second-order valence-electron chi connectivity index (χ2n) is 7.35. The summed E-state index contributed by atoms with van der Waals surface area (Å²) in [6.45, 7) is 2.15. The number of para-hydroxylation sites is 1. The molecule has 0 unspecified atom stereocenters. The van der Waals surface area contributed by atoms with Gasteiger partial charge in [-0.05, 0) is 46.4 Å². The highest BCUT2D eigenvalue weighted by molar-refractivity contribution is 6.06. The molecule has 0 saturated carbocycles. The van der Waals surface area contributed by atoms with Crippen molar-refractivity contribution in [2.75, 3.05) is 7.11 Å². The van der Waals surface area contributed by atoms with Crippen LogP contribution < -0.4 is 4.74 Å². The molecule has 1 aromatic heterocycles. The van der Waals surface area contributed by atoms with Gasteiger partial charge in [-0.3, -0.25) is 0 Å². The molecular formula is C28H24O4. The molecule has 1 heterocycles. The molecule has 0 atom stereocenters. The van der Waals surface area contributed by atoms with E-state index in [1.165, 1.54) is 5.57 Å². The Hall–Kier alpha value is -4.05. The van der Waals surface area contributed by atoms with Crippen LogP contribution in [0.5, 0.6) is 5.75 Å². The number of fused-ring (bicyclic) bond motifs is 1. The zero-order chi connectivity index (χ0) is 22.5. The van der Waals surface area contributed by atoms with Gasteiger partial charge in [0, 0.05) is 17.0 Å². The van der Waals surface area contributed by atoms with Gasteiger partial charge in [-0.2, -0.15) is 0 Å². The highest BCUT2D eigenvalue weighted by Gasteiger charge is 2.19. The van der Waals surface area contributed by atoms with Crippen LogP contribution in [0.1, 0.15) is 35.6 Å². The van der Waals surface area contributed by atoms with Crippen molar-refractivity contribution < 1.29 is 19.1 Å². The van der Waals surface area contributed by atoms with Crippen LogP contribution in [0.2, 0.25) is 0 Å². The maximum atomic E-state index is 10.9. The van der Waals surface area contributed by atoms with Crippen molar-refractivity contribution in [3.8, 4) is 5.75 Å². The van der Waals surface area contributed by atoms with E-state index in [-0.39, 0.29) is 0 Å². The lowest BCUT2D eigenvalue weighted by Crippen LogP contribution is -1.95. The minimum Gasteiger partial charge on any atom is -0.493 e. The highest BCUT2D eigenvalue weighted by Crippen LogP contribution is 2.40. The molecule has 1 N–H and O–H groups in total. The molecule has 3 aromatic carbocycles. The molecular weight excluding hydrogens is 400 g/mol. The molecule has 0 amide bonds. The Morgan fingerprint density at radius 1 is 0.969 bits per heavy atom. The first-order valence-corrected chi connectivity index (χ1v) is 10.5. The van der Waals surface area contributed by atoms with Crippen LogP contribution in [0, 0.1) is 0 Å². The number of furan rings is 1. The molecule has 4 rings (SSSR count). The number of ether oxygens (including phenoxy) is 1. The van der Waals surface area contributed by atoms with Gasteiger partial charge in [0.25, 0.3) is 0 Å². The Morgan fingerprint density at radius 3 is 2.38 bits per heavy atom. The Bertz CT molecular complexity index is 1290. The molecule has 160 valence electrons. The van der Waals surface area contributed by atoms with Crippen LogP contribution in [0.25, 0.3) is 28.2 Å². The van der Waals surface area contributed by atoms with Crippen molar-refractivity contribution in [3.63, 3.8) is 0 Å². The van der Waals surface area contributed by atoms with Crippen molar-refractivity contribution >= 4 is 34.2 Å². The number of hydrogen-bond donors (Lipinski definition) is 1. The number of carboxylic acids is 1. The number of methoxy groups -OCH3 is 1. The first kappa shape index (κ1) is 21.2. The molecule has 0 saturated heterocycles. The Balaban J connectivity index is 1.95. The van der Waals surface area contributed by atoms with E-state index in [9.17, 15) is 4.79 Å². The van der Waals surface area contributed by atoms with Gasteiger partial charge in [0.05, 0.1) is 13.4 Å². The standard InChI is InChI=1S/C28H24O4/c1-3-22(20-8-5-4-6-9-20)27(21-15-12-19(13-16-21)14-17-26(29)30)24-18-32-28-23(24)10-7-11-25(28)31-2/h4-18H,3H2,1-2H3,(H,29,30). The molecule has 0 aliphatic rings. The maximum Gasteiger partial charge on any atom is 0.328 e. The van der Waals surface area contributed by atoms with Crippen LogP contribution in [-0.2, 0) is 4.79 Å². The van der Waals surface area contributed by atoms with Crippen LogP contribution in [0.15, 0.2) is 89.6 Å². The number of hydrogen-bond acceptors (Lipinski definition) is 3. The smallest absolute Gasteiger partial charge is 0.328 e. The molecule has 0 bridgehead atoms. The summed E-state index contributed by atoms with van der Waals surface area (Å²) in [7, 11) is 1.64. The van der Waals surface area contributed by atoms with E-state index in [2.05, 4.69) is 19.1 Å². The number of carboxylic acid groups (broad SMARTS) is 1. The van der Waals surface area contributed by atoms with Gasteiger partial charge >= 0.3 is 5.97 Å². The second-order valence-corrected chi connectivity index (χ2v) is 7.35. The summed E-state index contributed by atoms with van der Waals surface area (Å²) in [5.41, 5.74) is 7.00. The zero-order valence-corrected chi connectivity index (χ0v) is 18.0. The fourth-order valence-corrected chi connectivity index (χ4v) is 3.97. The van der Waals surface area contributed by atoms with Gasteiger partial charge in [0.2, 0.25) is 0 Å². The van der Waals surface area contributed by atoms with E-state index in [0.29, 0.717) is 11.3 Å². The summed E-state index contributed by atoms with van der Waals surface area (Å²) in [6, 6.07) is 24.1. The number of carbonyl (C=O) groups is 1. The van der Waals surface area contributed by atoms with Gasteiger partial charge in [-0.1, -0.05) is 73.7 Å². The predicted molar refractivity (Wildman–Crippen MR) is 129 cm³/mol. The molecule has 0 aliphatic heterocycles. The monoisotopic (exact) mass is 424 g/mol. The third kappa shape index (κ3) is 4.21. The first-order valence-electron chi connectivity index (χ1n) is 10.5. The third-order valence-corrected chi connectivity index (χ3v) is 5.45. The van der Waals surface area contributed by atoms with E-state index in [0.717, 1.165) is 45.7 Å². The van der Waals surface area contributed by atoms with E-state index in [4.69, 9.17) is 14.3 Å². The zero-order valence-electron chi connectivity index (χ0n) is 18.0. The molecule has 4 aromatic rings. The van der Waals surface area contributed by atoms with E-state index < -0.39 is 5.97 Å². The summed E-state index contributed by atoms with van der Waals surface area (Å²) in [4.78, 5) is 10.9. The van der Waals surface area contributed by atoms with Gasteiger partial charge in [0.1, 0.15) is 0 Å². The second kappa shape index (κ2) is 9.40. The molecule has 0 aliphatic carbocycles. The van der Waals surface area contributed by atoms with E-state index in [1.54, 1.807) is 19.4 Å². The Morgan fingerprint density at radius 2 is 1.72 bits per heavy atom. The largest absolute Gasteiger partial charge is 0.493 e. The molecule has 4 nitrogen and oxygen atoms in total. The third-order valence-electron chi connectivity index (χ3n) is 5.45. The van der Waals surface area contributed by atoms with Crippen molar-refractivity contribution in [1.82, 2.24) is 0 Å².